The van der Waals surface area contributed by atoms with Gasteiger partial charge in [0, 0.05) is 46.7 Å². The number of nitrogens with zero attached hydrogens (tertiary/aromatic N) is 6. The highest BCUT2D eigenvalue weighted by Gasteiger charge is 2.49. The lowest BCUT2D eigenvalue weighted by molar-refractivity contribution is 0.953. The number of para-hydroxylation sites is 2. The van der Waals surface area contributed by atoms with Gasteiger partial charge in [0.15, 0.2) is 19.7 Å². The molecule has 4 aromatic heterocycles. The van der Waals surface area contributed by atoms with E-state index in [9.17, 15) is 0 Å². The molecule has 0 bridgehead atoms. The highest BCUT2D eigenvalue weighted by atomic mass is 28.3. The fraction of sp³-hybridized carbons (Fsp3) is 0. The molecule has 0 unspecified atom stereocenters. The van der Waals surface area contributed by atoms with Crippen LogP contribution >= 0.6 is 0 Å². The van der Waals surface area contributed by atoms with E-state index < -0.39 is 56.4 Å². The third-order valence-corrected chi connectivity index (χ3v) is 14.2. The quantitative estimate of drug-likeness (QED) is 0.198. The molecule has 0 atom stereocenters. The van der Waals surface area contributed by atoms with Gasteiger partial charge < -0.3 is 0 Å². The van der Waals surface area contributed by atoms with E-state index in [0.717, 1.165) is 31.9 Å². The van der Waals surface area contributed by atoms with E-state index in [1.807, 2.05) is 85.5 Å². The fourth-order valence-corrected chi connectivity index (χ4v) is 12.4. The molecule has 0 aliphatic carbocycles. The van der Waals surface area contributed by atoms with Gasteiger partial charge in [0.1, 0.15) is 0 Å². The molecule has 7 heteroatoms. The molecule has 5 aromatic carbocycles. The van der Waals surface area contributed by atoms with Gasteiger partial charge in [-0.05, 0) is 56.1 Å². The smallest absolute Gasteiger partial charge is 0.238 e. The normalized spacial score (nSPS) is 15.2. The average molecular weight is 665 g/mol. The van der Waals surface area contributed by atoms with Crippen LogP contribution in [0, 0.1) is 0 Å². The van der Waals surface area contributed by atoms with Crippen molar-refractivity contribution in [3.8, 4) is 39.9 Å². The van der Waals surface area contributed by atoms with Gasteiger partial charge in [0.2, 0.25) is 5.95 Å². The van der Waals surface area contributed by atoms with Crippen LogP contribution in [0.5, 0.6) is 0 Å². The lowest BCUT2D eigenvalue weighted by Gasteiger charge is -2.30. The van der Waals surface area contributed by atoms with Crippen LogP contribution in [0.4, 0.5) is 0 Å². The Morgan fingerprint density at radius 3 is 1.70 bits per heavy atom. The van der Waals surface area contributed by atoms with Crippen molar-refractivity contribution in [2.45, 2.75) is 0 Å². The summed E-state index contributed by atoms with van der Waals surface area (Å²) in [6.07, 6.45) is 7.54. The van der Waals surface area contributed by atoms with Crippen LogP contribution in [0.25, 0.3) is 61.7 Å². The van der Waals surface area contributed by atoms with Gasteiger partial charge in [0.05, 0.1) is 22.0 Å². The Balaban J connectivity index is 1.30. The molecule has 0 N–H and O–H groups in total. The van der Waals surface area contributed by atoms with Crippen molar-refractivity contribution in [2.24, 2.45) is 0 Å². The van der Waals surface area contributed by atoms with Crippen molar-refractivity contribution in [2.75, 3.05) is 0 Å². The minimum Gasteiger partial charge on any atom is -0.278 e. The first-order valence-electron chi connectivity index (χ1n) is 20.0. The Labute approximate surface area is 300 Å². The standard InChI is InChI=1S/C43H28N6Si/c1-3-12-29(13-4-1)41-46-42(48-43(47-41)49-37-20-9-7-18-33(37)34-19-8-10-21-38(34)49)30-14-11-17-32(26-30)50(31-15-5-2-6-16-31)39-27-44-24-22-35(39)36-23-25-45-28-40(36)50/h1-28H/i7D,8D,9D,10D,18D,19D,20D,21D. The Kier molecular flexibility index (Phi) is 4.82. The van der Waals surface area contributed by atoms with Crippen LogP contribution in [0.3, 0.4) is 0 Å². The van der Waals surface area contributed by atoms with Gasteiger partial charge in [0.25, 0.3) is 0 Å². The second kappa shape index (κ2) is 11.3. The monoisotopic (exact) mass is 664 g/mol. The molecule has 0 saturated heterocycles. The van der Waals surface area contributed by atoms with Gasteiger partial charge in [-0.2, -0.15) is 9.97 Å². The maximum absolute atomic E-state index is 9.07. The summed E-state index contributed by atoms with van der Waals surface area (Å²) in [6.45, 7) is 0. The first-order valence-corrected chi connectivity index (χ1v) is 18.0. The average Bonchev–Trinajstić information content (AvgIpc) is 3.79. The van der Waals surface area contributed by atoms with Gasteiger partial charge in [-0.1, -0.05) is 121 Å². The van der Waals surface area contributed by atoms with Crippen molar-refractivity contribution in [3.05, 3.63) is 170 Å². The Bertz CT molecular complexity index is 3060. The maximum atomic E-state index is 9.07. The third kappa shape index (κ3) is 4.17. The number of benzene rings is 5. The second-order valence-electron chi connectivity index (χ2n) is 12.0. The summed E-state index contributed by atoms with van der Waals surface area (Å²) >= 11 is 0. The largest absolute Gasteiger partial charge is 0.278 e. The zero-order valence-corrected chi connectivity index (χ0v) is 27.2. The van der Waals surface area contributed by atoms with Gasteiger partial charge in [-0.3, -0.25) is 14.5 Å². The summed E-state index contributed by atoms with van der Waals surface area (Å²) in [5.74, 6) is 0.419. The fourth-order valence-electron chi connectivity index (χ4n) is 7.30. The van der Waals surface area contributed by atoms with Gasteiger partial charge in [-0.15, -0.1) is 0 Å². The molecular weight excluding hydrogens is 629 g/mol. The highest BCUT2D eigenvalue weighted by molar-refractivity contribution is 7.22. The number of hydrogen-bond acceptors (Lipinski definition) is 5. The third-order valence-electron chi connectivity index (χ3n) is 9.39. The van der Waals surface area contributed by atoms with Crippen LogP contribution in [-0.2, 0) is 0 Å². The molecule has 0 spiro atoms. The zero-order chi connectivity index (χ0) is 40.0. The summed E-state index contributed by atoms with van der Waals surface area (Å²) in [7, 11) is -3.03. The van der Waals surface area contributed by atoms with E-state index in [4.69, 9.17) is 25.9 Å². The van der Waals surface area contributed by atoms with Crippen LogP contribution in [-0.4, -0.2) is 37.6 Å². The van der Waals surface area contributed by atoms with Crippen LogP contribution in [0.15, 0.2) is 170 Å². The van der Waals surface area contributed by atoms with Crippen molar-refractivity contribution in [1.82, 2.24) is 29.5 Å². The van der Waals surface area contributed by atoms with Crippen molar-refractivity contribution in [1.29, 1.82) is 0 Å². The van der Waals surface area contributed by atoms with E-state index in [0.29, 0.717) is 11.1 Å². The van der Waals surface area contributed by atoms with E-state index in [1.54, 1.807) is 0 Å². The Morgan fingerprint density at radius 2 is 1.06 bits per heavy atom. The van der Waals surface area contributed by atoms with Crippen LogP contribution in [0.2, 0.25) is 0 Å². The Hall–Kier alpha value is -6.57. The Morgan fingerprint density at radius 1 is 0.520 bits per heavy atom. The van der Waals surface area contributed by atoms with E-state index in [2.05, 4.69) is 46.4 Å². The van der Waals surface area contributed by atoms with Crippen molar-refractivity contribution in [3.63, 3.8) is 0 Å². The number of rotatable bonds is 5. The minimum absolute atomic E-state index is 0.0604. The molecule has 9 aromatic rings. The first kappa shape index (κ1) is 21.4. The molecule has 10 rings (SSSR count). The van der Waals surface area contributed by atoms with Gasteiger partial charge >= 0.3 is 0 Å². The van der Waals surface area contributed by atoms with Crippen molar-refractivity contribution >= 4 is 50.6 Å². The first-order chi connectivity index (χ1) is 28.1. The van der Waals surface area contributed by atoms with E-state index in [1.165, 1.54) is 4.57 Å². The minimum atomic E-state index is -3.03. The molecule has 0 radical (unpaired) electrons. The molecular formula is C43H28N6Si. The van der Waals surface area contributed by atoms with Gasteiger partial charge in [-0.25, -0.2) is 4.98 Å². The maximum Gasteiger partial charge on any atom is 0.238 e. The second-order valence-corrected chi connectivity index (χ2v) is 15.7. The molecule has 1 aliphatic rings. The molecule has 6 nitrogen and oxygen atoms in total. The molecule has 0 fully saturated rings. The lowest BCUT2D eigenvalue weighted by Crippen LogP contribution is -2.73. The number of pyridine rings is 2. The van der Waals surface area contributed by atoms with E-state index >= 15 is 0 Å². The number of hydrogen-bond donors (Lipinski definition) is 0. The molecule has 0 saturated carbocycles. The van der Waals surface area contributed by atoms with Crippen LogP contribution < -0.4 is 20.7 Å². The topological polar surface area (TPSA) is 69.4 Å². The summed E-state index contributed by atoms with van der Waals surface area (Å²) in [6, 6.07) is 27.9. The zero-order valence-electron chi connectivity index (χ0n) is 34.2. The summed E-state index contributed by atoms with van der Waals surface area (Å²) in [5.41, 5.74) is 3.32. The SMILES string of the molecule is [2H]c1c([2H])c([2H])c2c(c1[2H])c1c([2H])c([2H])c([2H])c([2H])c1n2-c1nc(-c2ccccc2)nc(-c2cccc([Si]3(c4ccccc4)c4cnccc4-c4ccncc43)c2)n1. The molecule has 50 heavy (non-hydrogen) atoms. The summed E-state index contributed by atoms with van der Waals surface area (Å²) < 4.78 is 71.5. The molecule has 234 valence electrons. The van der Waals surface area contributed by atoms with Crippen LogP contribution in [0.1, 0.15) is 11.0 Å². The summed E-state index contributed by atoms with van der Waals surface area (Å²) in [4.78, 5) is 24.1. The predicted molar refractivity (Wildman–Crippen MR) is 203 cm³/mol. The lowest BCUT2D eigenvalue weighted by atomic mass is 10.1. The number of fused-ring (bicyclic) bond motifs is 6. The highest BCUT2D eigenvalue weighted by Crippen LogP contribution is 2.33. The van der Waals surface area contributed by atoms with Crippen molar-refractivity contribution < 1.29 is 11.0 Å². The predicted octanol–water partition coefficient (Wildman–Crippen LogP) is 6.45. The summed E-state index contributed by atoms with van der Waals surface area (Å²) in [5, 5.41) is 4.29. The number of aromatic nitrogens is 6. The molecule has 0 amide bonds. The molecule has 1 aliphatic heterocycles. The van der Waals surface area contributed by atoms with E-state index in [-0.39, 0.29) is 39.4 Å². The molecule has 5 heterocycles.